The monoisotopic (exact) mass is 335 g/mol. The number of anilines is 1. The van der Waals surface area contributed by atoms with Gasteiger partial charge in [0.05, 0.1) is 12.3 Å². The zero-order valence-electron chi connectivity index (χ0n) is 13.6. The Kier molecular flexibility index (Phi) is 4.96. The summed E-state index contributed by atoms with van der Waals surface area (Å²) in [7, 11) is 0. The molecule has 25 heavy (non-hydrogen) atoms. The van der Waals surface area contributed by atoms with E-state index in [0.717, 1.165) is 16.8 Å². The largest absolute Gasteiger partial charge is 0.392 e. The molecule has 0 radical (unpaired) electrons. The number of hydrogen-bond acceptors (Lipinski definition) is 5. The second kappa shape index (κ2) is 7.50. The number of tetrazole rings is 1. The Labute approximate surface area is 144 Å². The van der Waals surface area contributed by atoms with Crippen molar-refractivity contribution in [2.75, 3.05) is 5.32 Å². The van der Waals surface area contributed by atoms with Crippen LogP contribution in [0.25, 0.3) is 11.8 Å². The maximum absolute atomic E-state index is 12.1. The summed E-state index contributed by atoms with van der Waals surface area (Å²) in [6, 6.07) is 14.6. The van der Waals surface area contributed by atoms with Crippen LogP contribution < -0.4 is 5.32 Å². The van der Waals surface area contributed by atoms with Gasteiger partial charge < -0.3 is 10.4 Å². The first-order valence-electron chi connectivity index (χ1n) is 7.70. The van der Waals surface area contributed by atoms with Crippen molar-refractivity contribution in [2.24, 2.45) is 0 Å². The molecule has 1 aromatic heterocycles. The van der Waals surface area contributed by atoms with E-state index in [1.165, 1.54) is 6.08 Å². The number of nitrogens with zero attached hydrogens (tertiary/aromatic N) is 4. The molecule has 0 aliphatic heterocycles. The summed E-state index contributed by atoms with van der Waals surface area (Å²) < 4.78 is 1.59. The second-order valence-electron chi connectivity index (χ2n) is 5.41. The van der Waals surface area contributed by atoms with Gasteiger partial charge in [0, 0.05) is 11.8 Å². The maximum atomic E-state index is 12.1. The van der Waals surface area contributed by atoms with Gasteiger partial charge in [-0.05, 0) is 58.8 Å². The van der Waals surface area contributed by atoms with Crippen molar-refractivity contribution in [3.8, 4) is 5.69 Å². The number of carbonyl (C=O) groups is 1. The Balaban J connectivity index is 1.71. The molecule has 2 N–H and O–H groups in total. The predicted molar refractivity (Wildman–Crippen MR) is 93.9 cm³/mol. The summed E-state index contributed by atoms with van der Waals surface area (Å²) in [5, 5.41) is 23.3. The van der Waals surface area contributed by atoms with Crippen LogP contribution in [-0.2, 0) is 11.4 Å². The number of aryl methyl sites for hydroxylation is 1. The smallest absolute Gasteiger partial charge is 0.248 e. The standard InChI is InChI=1S/C18H17N5O2/c1-13-20-21-22-23(13)17-7-3-6-16(11-17)19-18(25)9-8-14-4-2-5-15(10-14)12-24/h2-11,24H,12H2,1H3,(H,19,25)/b9-8+. The molecule has 1 heterocycles. The quantitative estimate of drug-likeness (QED) is 0.697. The number of carbonyl (C=O) groups excluding carboxylic acids is 1. The Hall–Kier alpha value is -3.32. The van der Waals surface area contributed by atoms with Crippen molar-refractivity contribution in [3.63, 3.8) is 0 Å². The van der Waals surface area contributed by atoms with Gasteiger partial charge in [0.1, 0.15) is 0 Å². The van der Waals surface area contributed by atoms with Crippen molar-refractivity contribution in [3.05, 3.63) is 71.6 Å². The Bertz CT molecular complexity index is 917. The fourth-order valence-corrected chi connectivity index (χ4v) is 2.34. The number of aliphatic hydroxyl groups excluding tert-OH is 1. The van der Waals surface area contributed by atoms with Crippen LogP contribution in [0.1, 0.15) is 17.0 Å². The molecule has 0 atom stereocenters. The summed E-state index contributed by atoms with van der Waals surface area (Å²) in [6.45, 7) is 1.77. The minimum atomic E-state index is -0.250. The minimum Gasteiger partial charge on any atom is -0.392 e. The molecule has 0 fully saturated rings. The minimum absolute atomic E-state index is 0.0305. The Morgan fingerprint density at radius 2 is 2.08 bits per heavy atom. The molecule has 0 unspecified atom stereocenters. The summed E-state index contributed by atoms with van der Waals surface area (Å²) in [6.07, 6.45) is 3.15. The van der Waals surface area contributed by atoms with Gasteiger partial charge in [0.25, 0.3) is 0 Å². The van der Waals surface area contributed by atoms with E-state index < -0.39 is 0 Å². The highest BCUT2D eigenvalue weighted by Crippen LogP contribution is 2.15. The molecule has 126 valence electrons. The molecule has 7 nitrogen and oxygen atoms in total. The molecular weight excluding hydrogens is 318 g/mol. The number of amides is 1. The van der Waals surface area contributed by atoms with E-state index in [9.17, 15) is 4.79 Å². The molecule has 0 aliphatic carbocycles. The number of benzene rings is 2. The van der Waals surface area contributed by atoms with E-state index in [2.05, 4.69) is 20.8 Å². The van der Waals surface area contributed by atoms with Crippen LogP contribution in [0.3, 0.4) is 0 Å². The lowest BCUT2D eigenvalue weighted by Gasteiger charge is -2.06. The molecule has 1 amide bonds. The number of aliphatic hydroxyl groups is 1. The van der Waals surface area contributed by atoms with Gasteiger partial charge >= 0.3 is 0 Å². The van der Waals surface area contributed by atoms with E-state index in [1.54, 1.807) is 29.8 Å². The van der Waals surface area contributed by atoms with Crippen LogP contribution in [-0.4, -0.2) is 31.2 Å². The summed E-state index contributed by atoms with van der Waals surface area (Å²) in [4.78, 5) is 12.1. The van der Waals surface area contributed by atoms with E-state index in [0.29, 0.717) is 11.5 Å². The number of aromatic nitrogens is 4. The molecule has 0 bridgehead atoms. The first-order chi connectivity index (χ1) is 12.2. The zero-order valence-corrected chi connectivity index (χ0v) is 13.6. The molecular formula is C18H17N5O2. The first-order valence-corrected chi connectivity index (χ1v) is 7.70. The molecule has 0 saturated heterocycles. The van der Waals surface area contributed by atoms with E-state index in [4.69, 9.17) is 5.11 Å². The third-order valence-corrected chi connectivity index (χ3v) is 3.54. The van der Waals surface area contributed by atoms with Gasteiger partial charge in [-0.1, -0.05) is 24.3 Å². The third-order valence-electron chi connectivity index (χ3n) is 3.54. The molecule has 7 heteroatoms. The summed E-state index contributed by atoms with van der Waals surface area (Å²) in [5.41, 5.74) is 3.05. The van der Waals surface area contributed by atoms with Gasteiger partial charge in [-0.25, -0.2) is 0 Å². The SMILES string of the molecule is Cc1nnnn1-c1cccc(NC(=O)/C=C/c2cccc(CO)c2)c1. The predicted octanol–water partition coefficient (Wildman–Crippen LogP) is 2.11. The van der Waals surface area contributed by atoms with Crippen LogP contribution in [0.4, 0.5) is 5.69 Å². The molecule has 0 aliphatic rings. The van der Waals surface area contributed by atoms with Crippen molar-refractivity contribution in [2.45, 2.75) is 13.5 Å². The average molecular weight is 335 g/mol. The average Bonchev–Trinajstić information content (AvgIpc) is 3.06. The van der Waals surface area contributed by atoms with Gasteiger partial charge in [0.15, 0.2) is 5.82 Å². The zero-order chi connectivity index (χ0) is 17.6. The molecule has 3 aromatic rings. The summed E-state index contributed by atoms with van der Waals surface area (Å²) in [5.74, 6) is 0.409. The fraction of sp³-hybridized carbons (Fsp3) is 0.111. The highest BCUT2D eigenvalue weighted by Gasteiger charge is 2.05. The second-order valence-corrected chi connectivity index (χ2v) is 5.41. The van der Waals surface area contributed by atoms with E-state index in [1.807, 2.05) is 36.4 Å². The van der Waals surface area contributed by atoms with Gasteiger partial charge in [0.2, 0.25) is 5.91 Å². The highest BCUT2D eigenvalue weighted by atomic mass is 16.3. The van der Waals surface area contributed by atoms with Crippen LogP contribution in [0, 0.1) is 6.92 Å². The maximum Gasteiger partial charge on any atom is 0.248 e. The number of nitrogens with one attached hydrogen (secondary N) is 1. The highest BCUT2D eigenvalue weighted by molar-refractivity contribution is 6.02. The van der Waals surface area contributed by atoms with Crippen LogP contribution in [0.2, 0.25) is 0 Å². The lowest BCUT2D eigenvalue weighted by atomic mass is 10.1. The molecule has 3 rings (SSSR count). The van der Waals surface area contributed by atoms with E-state index >= 15 is 0 Å². The van der Waals surface area contributed by atoms with Crippen molar-refractivity contribution in [1.82, 2.24) is 20.2 Å². The fourth-order valence-electron chi connectivity index (χ4n) is 2.34. The molecule has 2 aromatic carbocycles. The number of rotatable bonds is 5. The first kappa shape index (κ1) is 16.5. The topological polar surface area (TPSA) is 92.9 Å². The van der Waals surface area contributed by atoms with Crippen LogP contribution in [0.5, 0.6) is 0 Å². The Morgan fingerprint density at radius 1 is 1.24 bits per heavy atom. The van der Waals surface area contributed by atoms with Gasteiger partial charge in [-0.15, -0.1) is 5.10 Å². The van der Waals surface area contributed by atoms with Gasteiger partial charge in [-0.3, -0.25) is 4.79 Å². The van der Waals surface area contributed by atoms with Crippen LogP contribution in [0.15, 0.2) is 54.6 Å². The van der Waals surface area contributed by atoms with Crippen molar-refractivity contribution < 1.29 is 9.90 Å². The Morgan fingerprint density at radius 3 is 2.84 bits per heavy atom. The third kappa shape index (κ3) is 4.15. The lowest BCUT2D eigenvalue weighted by Crippen LogP contribution is -2.08. The van der Waals surface area contributed by atoms with Gasteiger partial charge in [-0.2, -0.15) is 4.68 Å². The normalized spacial score (nSPS) is 11.0. The molecule has 0 spiro atoms. The van der Waals surface area contributed by atoms with Crippen molar-refractivity contribution in [1.29, 1.82) is 0 Å². The van der Waals surface area contributed by atoms with E-state index in [-0.39, 0.29) is 12.5 Å². The van der Waals surface area contributed by atoms with Crippen LogP contribution >= 0.6 is 0 Å². The number of hydrogen-bond donors (Lipinski definition) is 2. The summed E-state index contributed by atoms with van der Waals surface area (Å²) >= 11 is 0. The lowest BCUT2D eigenvalue weighted by molar-refractivity contribution is -0.111. The van der Waals surface area contributed by atoms with Crippen molar-refractivity contribution >= 4 is 17.7 Å². The molecule has 0 saturated carbocycles.